The van der Waals surface area contributed by atoms with Crippen molar-refractivity contribution in [2.24, 2.45) is 5.73 Å². The number of anilines is 1. The zero-order valence-electron chi connectivity index (χ0n) is 23.6. The van der Waals surface area contributed by atoms with Crippen LogP contribution in [0.5, 0.6) is 5.75 Å². The first kappa shape index (κ1) is 33.2. The zero-order chi connectivity index (χ0) is 32.7. The fourth-order valence-corrected chi connectivity index (χ4v) is 5.69. The van der Waals surface area contributed by atoms with Gasteiger partial charge in [-0.2, -0.15) is 0 Å². The minimum absolute atomic E-state index is 0.0278. The Kier molecular flexibility index (Phi) is 11.0. The summed E-state index contributed by atoms with van der Waals surface area (Å²) in [5, 5.41) is 20.1. The molecule has 4 atom stereocenters. The number of benzene rings is 3. The van der Waals surface area contributed by atoms with Crippen molar-refractivity contribution in [1.29, 1.82) is 0 Å². The van der Waals surface area contributed by atoms with Gasteiger partial charge >= 0.3 is 5.97 Å². The molecular formula is C31H29F2N3O8S. The molecule has 45 heavy (non-hydrogen) atoms. The van der Waals surface area contributed by atoms with E-state index in [9.17, 15) is 37.9 Å². The number of hydrogen-bond acceptors (Lipinski definition) is 9. The molecule has 1 aliphatic rings. The van der Waals surface area contributed by atoms with Gasteiger partial charge in [0.1, 0.15) is 28.7 Å². The Morgan fingerprint density at radius 3 is 2.16 bits per heavy atom. The van der Waals surface area contributed by atoms with Gasteiger partial charge in [-0.25, -0.2) is 8.78 Å². The van der Waals surface area contributed by atoms with Crippen LogP contribution in [0.15, 0.2) is 72.8 Å². The van der Waals surface area contributed by atoms with Gasteiger partial charge in [0.2, 0.25) is 5.91 Å². The average molecular weight is 642 g/mol. The van der Waals surface area contributed by atoms with Crippen molar-refractivity contribution in [2.75, 3.05) is 23.8 Å². The Morgan fingerprint density at radius 2 is 1.56 bits per heavy atom. The number of ether oxygens (including phenoxy) is 1. The molecule has 3 aromatic rings. The number of β-lactam (4-membered cyclic amide) rings is 1. The highest BCUT2D eigenvalue weighted by atomic mass is 32.2. The smallest absolute Gasteiger partial charge is 0.323 e. The van der Waals surface area contributed by atoms with Gasteiger partial charge in [-0.3, -0.25) is 24.0 Å². The summed E-state index contributed by atoms with van der Waals surface area (Å²) in [6.45, 7) is -0.903. The maximum Gasteiger partial charge on any atom is 0.323 e. The van der Waals surface area contributed by atoms with Crippen LogP contribution in [-0.4, -0.2) is 75.9 Å². The first-order chi connectivity index (χ1) is 21.4. The predicted octanol–water partition coefficient (Wildman–Crippen LogP) is 2.26. The number of amides is 2. The lowest BCUT2D eigenvalue weighted by Crippen LogP contribution is -2.57. The Balaban J connectivity index is 1.37. The third kappa shape index (κ3) is 8.50. The number of nitrogens with two attached hydrogens (primary N) is 1. The minimum atomic E-state index is -1.63. The van der Waals surface area contributed by atoms with E-state index in [0.717, 1.165) is 11.8 Å². The summed E-state index contributed by atoms with van der Waals surface area (Å²) in [6, 6.07) is 14.9. The number of nitrogens with one attached hydrogen (secondary N) is 1. The molecule has 1 heterocycles. The van der Waals surface area contributed by atoms with E-state index in [4.69, 9.17) is 15.6 Å². The molecule has 0 bridgehead atoms. The van der Waals surface area contributed by atoms with E-state index in [2.05, 4.69) is 5.32 Å². The van der Waals surface area contributed by atoms with Crippen molar-refractivity contribution in [3.63, 3.8) is 0 Å². The summed E-state index contributed by atoms with van der Waals surface area (Å²) in [5.41, 5.74) is 6.73. The molecule has 236 valence electrons. The lowest BCUT2D eigenvalue weighted by atomic mass is 9.92. The molecule has 1 saturated heterocycles. The first-order valence-electron chi connectivity index (χ1n) is 13.6. The molecule has 0 unspecified atom stereocenters. The number of ketones is 2. The molecule has 0 aliphatic carbocycles. The van der Waals surface area contributed by atoms with Gasteiger partial charge in [0.15, 0.2) is 18.2 Å². The number of aliphatic carboxylic acids is 1. The normalized spacial score (nSPS) is 17.2. The second kappa shape index (κ2) is 14.9. The SMILES string of the molecule is N[C@H](C(=O)O)[C@H](O)CC(=O)CNC(=O)COc1ccc([C@@H]2[C@@H](SCC(=O)c3ccc(F)cc3)C(=O)N2c2ccc(F)cc2)cc1. The van der Waals surface area contributed by atoms with Crippen LogP contribution < -0.4 is 20.7 Å². The van der Waals surface area contributed by atoms with Crippen LogP contribution in [0, 0.1) is 11.6 Å². The predicted molar refractivity (Wildman–Crippen MR) is 160 cm³/mol. The van der Waals surface area contributed by atoms with Crippen LogP contribution in [0.4, 0.5) is 14.5 Å². The van der Waals surface area contributed by atoms with E-state index in [0.29, 0.717) is 22.6 Å². The summed E-state index contributed by atoms with van der Waals surface area (Å²) in [6.07, 6.45) is -2.14. The van der Waals surface area contributed by atoms with Crippen molar-refractivity contribution < 1.29 is 47.7 Å². The van der Waals surface area contributed by atoms with Crippen molar-refractivity contribution in [2.45, 2.75) is 29.9 Å². The lowest BCUT2D eigenvalue weighted by molar-refractivity contribution is -0.141. The average Bonchev–Trinajstić information content (AvgIpc) is 3.02. The molecule has 14 heteroatoms. The molecule has 3 aromatic carbocycles. The molecule has 5 N–H and O–H groups in total. The third-order valence-electron chi connectivity index (χ3n) is 6.92. The Hall–Kier alpha value is -4.66. The van der Waals surface area contributed by atoms with Gasteiger partial charge in [-0.15, -0.1) is 11.8 Å². The second-order valence-corrected chi connectivity index (χ2v) is 11.2. The van der Waals surface area contributed by atoms with E-state index < -0.39 is 72.3 Å². The lowest BCUT2D eigenvalue weighted by Gasteiger charge is -2.47. The Morgan fingerprint density at radius 1 is 0.956 bits per heavy atom. The van der Waals surface area contributed by atoms with Crippen molar-refractivity contribution >= 4 is 46.8 Å². The zero-order valence-corrected chi connectivity index (χ0v) is 24.4. The summed E-state index contributed by atoms with van der Waals surface area (Å²) >= 11 is 1.14. The number of carbonyl (C=O) groups excluding carboxylic acids is 4. The molecule has 0 aromatic heterocycles. The third-order valence-corrected chi connectivity index (χ3v) is 8.17. The van der Waals surface area contributed by atoms with E-state index in [-0.39, 0.29) is 17.4 Å². The number of carbonyl (C=O) groups is 5. The van der Waals surface area contributed by atoms with Crippen LogP contribution in [-0.2, 0) is 19.2 Å². The second-order valence-electron chi connectivity index (χ2n) is 10.1. The first-order valence-corrected chi connectivity index (χ1v) is 14.7. The number of aliphatic hydroxyl groups is 1. The van der Waals surface area contributed by atoms with Crippen LogP contribution in [0.2, 0.25) is 0 Å². The minimum Gasteiger partial charge on any atom is -0.484 e. The Bertz CT molecular complexity index is 1550. The van der Waals surface area contributed by atoms with Crippen molar-refractivity contribution in [1.82, 2.24) is 5.32 Å². The van der Waals surface area contributed by atoms with E-state index in [1.807, 2.05) is 0 Å². The summed E-state index contributed by atoms with van der Waals surface area (Å²) in [5.74, 6) is -3.92. The van der Waals surface area contributed by atoms with E-state index >= 15 is 0 Å². The molecule has 11 nitrogen and oxygen atoms in total. The summed E-state index contributed by atoms with van der Waals surface area (Å²) < 4.78 is 32.3. The maximum absolute atomic E-state index is 13.6. The standard InChI is InChI=1S/C31H29F2N3O8S/c32-19-5-1-17(2-6-19)25(39)16-45-29-28(36(30(29)41)21-9-7-20(33)8-10-21)18-3-11-23(12-4-18)44-15-26(40)35-14-22(37)13-24(38)27(34)31(42)43/h1-12,24,27-29,38H,13-16,34H2,(H,35,40)(H,42,43)/t24-,27+,28-,29-/m1/s1. The number of Topliss-reactive ketones (excluding diaryl/α,β-unsaturated/α-hetero) is 2. The molecule has 0 saturated carbocycles. The molecule has 0 radical (unpaired) electrons. The van der Waals surface area contributed by atoms with Crippen molar-refractivity contribution in [3.05, 3.63) is 95.6 Å². The monoisotopic (exact) mass is 641 g/mol. The summed E-state index contributed by atoms with van der Waals surface area (Å²) in [7, 11) is 0. The van der Waals surface area contributed by atoms with Gasteiger partial charge in [-0.05, 0) is 66.2 Å². The summed E-state index contributed by atoms with van der Waals surface area (Å²) in [4.78, 5) is 62.2. The molecule has 1 aliphatic heterocycles. The largest absolute Gasteiger partial charge is 0.484 e. The van der Waals surface area contributed by atoms with E-state index in [1.54, 1.807) is 24.3 Å². The highest BCUT2D eigenvalue weighted by molar-refractivity contribution is 8.01. The van der Waals surface area contributed by atoms with E-state index in [1.165, 1.54) is 53.4 Å². The van der Waals surface area contributed by atoms with Gasteiger partial charge < -0.3 is 30.9 Å². The van der Waals surface area contributed by atoms with Gasteiger partial charge in [0.25, 0.3) is 5.91 Å². The molecule has 2 amide bonds. The number of nitrogens with zero attached hydrogens (tertiary/aromatic N) is 1. The maximum atomic E-state index is 13.6. The van der Waals surface area contributed by atoms with Gasteiger partial charge in [0, 0.05) is 17.7 Å². The molecule has 1 fully saturated rings. The van der Waals surface area contributed by atoms with Gasteiger partial charge in [-0.1, -0.05) is 12.1 Å². The number of hydrogen-bond donors (Lipinski definition) is 4. The topological polar surface area (TPSA) is 176 Å². The molecular weight excluding hydrogens is 612 g/mol. The van der Waals surface area contributed by atoms with Gasteiger partial charge in [0.05, 0.1) is 24.4 Å². The highest BCUT2D eigenvalue weighted by Crippen LogP contribution is 2.45. The number of rotatable bonds is 15. The van der Waals surface area contributed by atoms with Crippen LogP contribution in [0.1, 0.15) is 28.4 Å². The number of carboxylic acid groups (broad SMARTS) is 1. The van der Waals surface area contributed by atoms with Crippen LogP contribution in [0.25, 0.3) is 0 Å². The highest BCUT2D eigenvalue weighted by Gasteiger charge is 2.49. The Labute approximate surface area is 260 Å². The number of aliphatic hydroxyl groups excluding tert-OH is 1. The van der Waals surface area contributed by atoms with Crippen LogP contribution in [0.3, 0.4) is 0 Å². The fraction of sp³-hybridized carbons (Fsp3) is 0.258. The number of thioether (sulfide) groups is 1. The number of carboxylic acids is 1. The molecule has 0 spiro atoms. The molecule has 4 rings (SSSR count). The quantitative estimate of drug-likeness (QED) is 0.142. The number of halogens is 2. The van der Waals surface area contributed by atoms with Crippen molar-refractivity contribution in [3.8, 4) is 5.75 Å². The van der Waals surface area contributed by atoms with Crippen LogP contribution >= 0.6 is 11.8 Å². The fourth-order valence-electron chi connectivity index (χ4n) is 4.48.